The summed E-state index contributed by atoms with van der Waals surface area (Å²) in [7, 11) is 2.08. The van der Waals surface area contributed by atoms with E-state index in [1.54, 1.807) is 0 Å². The summed E-state index contributed by atoms with van der Waals surface area (Å²) >= 11 is 0. The number of pyridine rings is 1. The summed E-state index contributed by atoms with van der Waals surface area (Å²) in [5.41, 5.74) is 7.90. The third-order valence-electron chi connectivity index (χ3n) is 7.51. The molecule has 0 N–H and O–H groups in total. The molecule has 3 aliphatic rings. The number of rotatable bonds is 2. The van der Waals surface area contributed by atoms with Gasteiger partial charge in [0.05, 0.1) is 12.4 Å². The summed E-state index contributed by atoms with van der Waals surface area (Å²) in [5.74, 6) is 3.48. The first-order valence-corrected chi connectivity index (χ1v) is 12.7. The average Bonchev–Trinajstić information content (AvgIpc) is 3.34. The lowest BCUT2D eigenvalue weighted by molar-refractivity contribution is 0.464. The molecule has 6 heteroatoms. The van der Waals surface area contributed by atoms with Crippen molar-refractivity contribution in [3.63, 3.8) is 0 Å². The van der Waals surface area contributed by atoms with Crippen LogP contribution in [-0.2, 0) is 5.41 Å². The molecule has 4 aromatic rings. The zero-order valence-corrected chi connectivity index (χ0v) is 21.5. The Morgan fingerprint density at radius 1 is 0.811 bits per heavy atom. The zero-order chi connectivity index (χ0) is 25.3. The Bertz CT molecular complexity index is 1580. The van der Waals surface area contributed by atoms with E-state index >= 15 is 0 Å². The van der Waals surface area contributed by atoms with Crippen molar-refractivity contribution in [2.24, 2.45) is 0 Å². The quantitative estimate of drug-likeness (QED) is 0.325. The number of fused-ring (bicyclic) bond motifs is 4. The molecule has 0 aliphatic carbocycles. The molecule has 182 valence electrons. The molecule has 3 aliphatic heterocycles. The molecule has 0 atom stereocenters. The number of hydrogen-bond acceptors (Lipinski definition) is 5. The van der Waals surface area contributed by atoms with Crippen LogP contribution in [0.4, 0.5) is 5.69 Å². The molecule has 0 radical (unpaired) electrons. The van der Waals surface area contributed by atoms with Crippen molar-refractivity contribution in [1.82, 2.24) is 9.88 Å². The molecule has 0 bridgehead atoms. The summed E-state index contributed by atoms with van der Waals surface area (Å²) in [6, 6.07) is 23.3. The summed E-state index contributed by atoms with van der Waals surface area (Å²) < 4.78 is 12.8. The second-order valence-corrected chi connectivity index (χ2v) is 11.1. The van der Waals surface area contributed by atoms with Crippen LogP contribution in [0.25, 0.3) is 11.3 Å². The molecular formula is C31H28BN3O2. The fourth-order valence-corrected chi connectivity index (χ4v) is 5.51. The third-order valence-corrected chi connectivity index (χ3v) is 7.51. The molecule has 0 saturated carbocycles. The van der Waals surface area contributed by atoms with Gasteiger partial charge in [0.25, 0.3) is 6.71 Å². The molecule has 0 saturated heterocycles. The van der Waals surface area contributed by atoms with E-state index in [4.69, 9.17) is 14.5 Å². The SMILES string of the molecule is CN1C=CN(c2ccc3c(c2)B2c4cc(-c5cc(C(C)(C)C)ccn5)ccc4Oc4cccc(c42)O3)C1. The molecular weight excluding hydrogens is 457 g/mol. The Morgan fingerprint density at radius 3 is 2.24 bits per heavy atom. The van der Waals surface area contributed by atoms with Gasteiger partial charge < -0.3 is 19.3 Å². The van der Waals surface area contributed by atoms with Crippen LogP contribution in [0.2, 0.25) is 0 Å². The number of anilines is 1. The predicted octanol–water partition coefficient (Wildman–Crippen LogP) is 4.95. The number of benzene rings is 3. The van der Waals surface area contributed by atoms with E-state index in [-0.39, 0.29) is 12.1 Å². The van der Waals surface area contributed by atoms with Crippen molar-refractivity contribution in [3.05, 3.63) is 90.9 Å². The number of nitrogens with zero attached hydrogens (tertiary/aromatic N) is 3. The van der Waals surface area contributed by atoms with Gasteiger partial charge in [-0.2, -0.15) is 0 Å². The molecule has 7 rings (SSSR count). The van der Waals surface area contributed by atoms with Crippen LogP contribution in [0.1, 0.15) is 26.3 Å². The summed E-state index contributed by atoms with van der Waals surface area (Å²) in [6.45, 7) is 7.53. The van der Waals surface area contributed by atoms with Gasteiger partial charge in [-0.15, -0.1) is 0 Å². The third kappa shape index (κ3) is 3.59. The fraction of sp³-hybridized carbons (Fsp3) is 0.194. The van der Waals surface area contributed by atoms with Gasteiger partial charge in [0.1, 0.15) is 23.0 Å². The molecule has 0 amide bonds. The van der Waals surface area contributed by atoms with Crippen LogP contribution in [0.5, 0.6) is 23.0 Å². The van der Waals surface area contributed by atoms with Crippen LogP contribution in [-0.4, -0.2) is 30.3 Å². The van der Waals surface area contributed by atoms with Gasteiger partial charge in [-0.05, 0) is 82.1 Å². The van der Waals surface area contributed by atoms with Crippen molar-refractivity contribution >= 4 is 28.8 Å². The van der Waals surface area contributed by atoms with Crippen molar-refractivity contribution in [2.75, 3.05) is 18.6 Å². The van der Waals surface area contributed by atoms with Crippen LogP contribution in [0, 0.1) is 0 Å². The van der Waals surface area contributed by atoms with Gasteiger partial charge in [-0.25, -0.2) is 0 Å². The minimum atomic E-state index is 0.00807. The van der Waals surface area contributed by atoms with Gasteiger partial charge in [-0.3, -0.25) is 4.98 Å². The molecule has 1 aromatic heterocycles. The minimum Gasteiger partial charge on any atom is -0.458 e. The fourth-order valence-electron chi connectivity index (χ4n) is 5.51. The van der Waals surface area contributed by atoms with Crippen LogP contribution in [0.3, 0.4) is 0 Å². The molecule has 0 fully saturated rings. The standard InChI is InChI=1S/C31H28BN3O2/c1-31(2,3)21-12-13-33-25(17-21)20-8-10-26-23(16-20)32-24-18-22(35-15-14-34(4)19-35)9-11-27(24)37-29-7-5-6-28(36-26)30(29)32/h5-18H,19H2,1-4H3. The second-order valence-electron chi connectivity index (χ2n) is 11.1. The smallest absolute Gasteiger partial charge is 0.260 e. The normalized spacial score (nSPS) is 15.1. The molecule has 0 spiro atoms. The predicted molar refractivity (Wildman–Crippen MR) is 150 cm³/mol. The lowest BCUT2D eigenvalue weighted by atomic mass is 9.34. The van der Waals surface area contributed by atoms with E-state index in [9.17, 15) is 0 Å². The lowest BCUT2D eigenvalue weighted by Gasteiger charge is -2.33. The zero-order valence-electron chi connectivity index (χ0n) is 21.5. The van der Waals surface area contributed by atoms with Gasteiger partial charge in [0, 0.05) is 36.8 Å². The van der Waals surface area contributed by atoms with E-state index in [1.165, 1.54) is 5.56 Å². The first-order valence-electron chi connectivity index (χ1n) is 12.7. The Kier molecular flexibility index (Phi) is 4.71. The Labute approximate surface area is 218 Å². The number of ether oxygens (including phenoxy) is 2. The Balaban J connectivity index is 1.39. The largest absolute Gasteiger partial charge is 0.458 e. The van der Waals surface area contributed by atoms with Crippen LogP contribution < -0.4 is 30.8 Å². The molecule has 3 aromatic carbocycles. The monoisotopic (exact) mass is 485 g/mol. The van der Waals surface area contributed by atoms with Crippen molar-refractivity contribution in [3.8, 4) is 34.3 Å². The van der Waals surface area contributed by atoms with E-state index in [2.05, 4.69) is 98.5 Å². The van der Waals surface area contributed by atoms with Crippen LogP contribution in [0.15, 0.2) is 85.3 Å². The van der Waals surface area contributed by atoms with Crippen molar-refractivity contribution in [2.45, 2.75) is 26.2 Å². The van der Waals surface area contributed by atoms with Crippen molar-refractivity contribution in [1.29, 1.82) is 0 Å². The number of hydrogen-bond donors (Lipinski definition) is 0. The number of aromatic nitrogens is 1. The first kappa shape index (κ1) is 22.0. The Hall–Kier alpha value is -4.19. The van der Waals surface area contributed by atoms with E-state index in [0.717, 1.165) is 63.0 Å². The topological polar surface area (TPSA) is 37.8 Å². The highest BCUT2D eigenvalue weighted by atomic mass is 16.5. The van der Waals surface area contributed by atoms with Crippen LogP contribution >= 0.6 is 0 Å². The molecule has 37 heavy (non-hydrogen) atoms. The highest BCUT2D eigenvalue weighted by Gasteiger charge is 2.40. The van der Waals surface area contributed by atoms with E-state index < -0.39 is 0 Å². The maximum atomic E-state index is 6.42. The Morgan fingerprint density at radius 2 is 1.54 bits per heavy atom. The first-order chi connectivity index (χ1) is 17.8. The van der Waals surface area contributed by atoms with Gasteiger partial charge >= 0.3 is 0 Å². The average molecular weight is 485 g/mol. The summed E-state index contributed by atoms with van der Waals surface area (Å²) in [6.07, 6.45) is 6.13. The van der Waals surface area contributed by atoms with Crippen molar-refractivity contribution < 1.29 is 9.47 Å². The highest BCUT2D eigenvalue weighted by molar-refractivity contribution is 6.98. The van der Waals surface area contributed by atoms with E-state index in [1.807, 2.05) is 24.4 Å². The molecule has 4 heterocycles. The summed E-state index contributed by atoms with van der Waals surface area (Å²) in [5, 5.41) is 0. The lowest BCUT2D eigenvalue weighted by Crippen LogP contribution is -2.57. The van der Waals surface area contributed by atoms with E-state index in [0.29, 0.717) is 0 Å². The second kappa shape index (κ2) is 7.91. The maximum Gasteiger partial charge on any atom is 0.260 e. The minimum absolute atomic E-state index is 0.00807. The highest BCUT2D eigenvalue weighted by Crippen LogP contribution is 2.36. The van der Waals surface area contributed by atoms with Gasteiger partial charge in [0.2, 0.25) is 0 Å². The van der Waals surface area contributed by atoms with Gasteiger partial charge in [0.15, 0.2) is 0 Å². The van der Waals surface area contributed by atoms with Gasteiger partial charge in [-0.1, -0.05) is 32.9 Å². The summed E-state index contributed by atoms with van der Waals surface area (Å²) in [4.78, 5) is 9.15. The molecule has 0 unspecified atom stereocenters. The molecule has 5 nitrogen and oxygen atoms in total. The maximum absolute atomic E-state index is 6.42.